The minimum absolute atomic E-state index is 0.0447. The van der Waals surface area contributed by atoms with Crippen molar-refractivity contribution in [2.75, 3.05) is 0 Å². The van der Waals surface area contributed by atoms with Crippen molar-refractivity contribution < 1.29 is 22.4 Å². The molecule has 1 amide bonds. The molecule has 3 aromatic rings. The van der Waals surface area contributed by atoms with Crippen molar-refractivity contribution in [3.05, 3.63) is 76.8 Å². The fourth-order valence-electron chi connectivity index (χ4n) is 4.08. The zero-order valence-electron chi connectivity index (χ0n) is 18.2. The molecule has 1 fully saturated rings. The lowest BCUT2D eigenvalue weighted by atomic mass is 9.87. The zero-order valence-corrected chi connectivity index (χ0v) is 19.8. The number of nitrogens with zero attached hydrogens (tertiary/aromatic N) is 2. The average Bonchev–Trinajstić information content (AvgIpc) is 3.36. The highest BCUT2D eigenvalue weighted by atomic mass is 35.5. The minimum atomic E-state index is -4.42. The number of amides is 1. The number of alkyl halides is 3. The van der Waals surface area contributed by atoms with E-state index in [4.69, 9.17) is 11.6 Å². The molecule has 1 aliphatic carbocycles. The molecule has 4 nitrogen and oxygen atoms in total. The number of carbonyl (C=O) groups is 1. The summed E-state index contributed by atoms with van der Waals surface area (Å²) >= 11 is 7.80. The molecule has 1 N–H and O–H groups in total. The lowest BCUT2D eigenvalue weighted by molar-refractivity contribution is -0.137. The summed E-state index contributed by atoms with van der Waals surface area (Å²) in [7, 11) is 0. The highest BCUT2D eigenvalue weighted by molar-refractivity contribution is 8.00. The van der Waals surface area contributed by atoms with E-state index >= 15 is 0 Å². The van der Waals surface area contributed by atoms with Gasteiger partial charge in [-0.15, -0.1) is 11.8 Å². The summed E-state index contributed by atoms with van der Waals surface area (Å²) in [6.07, 6.45) is -0.309. The Morgan fingerprint density at radius 2 is 1.88 bits per heavy atom. The van der Waals surface area contributed by atoms with Crippen LogP contribution in [0.25, 0.3) is 5.69 Å². The van der Waals surface area contributed by atoms with E-state index in [9.17, 15) is 22.4 Å². The van der Waals surface area contributed by atoms with Gasteiger partial charge < -0.3 is 5.32 Å². The third kappa shape index (κ3) is 5.25. The van der Waals surface area contributed by atoms with E-state index in [1.54, 1.807) is 30.1 Å². The molecule has 4 rings (SSSR count). The van der Waals surface area contributed by atoms with Gasteiger partial charge in [-0.05, 0) is 68.3 Å². The number of hydrogen-bond acceptors (Lipinski definition) is 3. The molecule has 0 bridgehead atoms. The van der Waals surface area contributed by atoms with Gasteiger partial charge in [0.2, 0.25) is 5.91 Å². The molecule has 1 saturated carbocycles. The fourth-order valence-corrected chi connectivity index (χ4v) is 5.67. The van der Waals surface area contributed by atoms with Crippen molar-refractivity contribution in [1.29, 1.82) is 0 Å². The van der Waals surface area contributed by atoms with Crippen LogP contribution in [0.5, 0.6) is 0 Å². The first-order valence-corrected chi connectivity index (χ1v) is 11.9. The van der Waals surface area contributed by atoms with Crippen LogP contribution in [-0.4, -0.2) is 20.9 Å². The summed E-state index contributed by atoms with van der Waals surface area (Å²) in [5, 5.41) is 7.31. The van der Waals surface area contributed by atoms with Crippen LogP contribution in [0.4, 0.5) is 17.6 Å². The second kappa shape index (κ2) is 9.62. The monoisotopic (exact) mass is 511 g/mol. The van der Waals surface area contributed by atoms with Gasteiger partial charge >= 0.3 is 6.18 Å². The number of benzene rings is 2. The first-order valence-electron chi connectivity index (χ1n) is 10.7. The standard InChI is InChI=1S/C24H22ClF4N3OS/c1-23(12-2-3-20(23)34-19-10-6-17(26)7-11-19)22(33)30-13-15-14-32(31-21(15)25)18-8-4-16(5-9-18)24(27,28)29/h4-11,14,20H,2-3,12-13H2,1H3,(H,30,33). The number of hydrogen-bond donors (Lipinski definition) is 1. The second-order valence-electron chi connectivity index (χ2n) is 8.49. The van der Waals surface area contributed by atoms with E-state index in [-0.39, 0.29) is 28.7 Å². The van der Waals surface area contributed by atoms with Gasteiger partial charge in [-0.2, -0.15) is 18.3 Å². The normalized spacial score (nSPS) is 20.5. The predicted octanol–water partition coefficient (Wildman–Crippen LogP) is 6.65. The first kappa shape index (κ1) is 24.6. The number of carbonyl (C=O) groups excluding carboxylic acids is 1. The molecular formula is C24H22ClF4N3OS. The van der Waals surface area contributed by atoms with Gasteiger partial charge in [-0.3, -0.25) is 4.79 Å². The molecule has 1 aliphatic rings. The lowest BCUT2D eigenvalue weighted by Gasteiger charge is -2.30. The number of rotatable bonds is 6. The van der Waals surface area contributed by atoms with Gasteiger partial charge in [0.1, 0.15) is 5.82 Å². The maximum absolute atomic E-state index is 13.2. The van der Waals surface area contributed by atoms with E-state index in [0.29, 0.717) is 11.3 Å². The topological polar surface area (TPSA) is 46.9 Å². The van der Waals surface area contributed by atoms with Crippen molar-refractivity contribution in [3.8, 4) is 5.69 Å². The number of thioether (sulfide) groups is 1. The van der Waals surface area contributed by atoms with Crippen LogP contribution in [0.2, 0.25) is 5.15 Å². The molecule has 0 radical (unpaired) electrons. The summed E-state index contributed by atoms with van der Waals surface area (Å²) in [6, 6.07) is 10.8. The number of aromatic nitrogens is 2. The van der Waals surface area contributed by atoms with Crippen molar-refractivity contribution in [1.82, 2.24) is 15.1 Å². The number of halogens is 5. The highest BCUT2D eigenvalue weighted by Gasteiger charge is 2.45. The molecule has 2 atom stereocenters. The number of nitrogens with one attached hydrogen (secondary N) is 1. The maximum atomic E-state index is 13.2. The summed E-state index contributed by atoms with van der Waals surface area (Å²) < 4.78 is 53.0. The van der Waals surface area contributed by atoms with E-state index in [0.717, 1.165) is 36.3 Å². The molecule has 1 heterocycles. The van der Waals surface area contributed by atoms with Gasteiger partial charge in [0, 0.05) is 28.5 Å². The van der Waals surface area contributed by atoms with Crippen LogP contribution in [-0.2, 0) is 17.5 Å². The van der Waals surface area contributed by atoms with E-state index in [1.165, 1.54) is 28.9 Å². The van der Waals surface area contributed by atoms with E-state index < -0.39 is 17.2 Å². The summed E-state index contributed by atoms with van der Waals surface area (Å²) in [6.45, 7) is 2.07. The molecular weight excluding hydrogens is 490 g/mol. The Labute approximate surface area is 203 Å². The average molecular weight is 512 g/mol. The molecule has 10 heteroatoms. The Hall–Kier alpha value is -2.52. The summed E-state index contributed by atoms with van der Waals surface area (Å²) in [5.41, 5.74) is -0.375. The van der Waals surface area contributed by atoms with Crippen LogP contribution in [0.15, 0.2) is 59.6 Å². The highest BCUT2D eigenvalue weighted by Crippen LogP contribution is 2.47. The summed E-state index contributed by atoms with van der Waals surface area (Å²) in [4.78, 5) is 14.1. The molecule has 2 unspecified atom stereocenters. The Balaban J connectivity index is 1.42. The van der Waals surface area contributed by atoms with Crippen LogP contribution in [0, 0.1) is 11.2 Å². The van der Waals surface area contributed by atoms with Gasteiger partial charge in [-0.1, -0.05) is 18.0 Å². The van der Waals surface area contributed by atoms with Crippen molar-refractivity contribution >= 4 is 29.3 Å². The first-order chi connectivity index (χ1) is 16.1. The largest absolute Gasteiger partial charge is 0.416 e. The van der Waals surface area contributed by atoms with Crippen LogP contribution in [0.1, 0.15) is 37.3 Å². The molecule has 34 heavy (non-hydrogen) atoms. The lowest BCUT2D eigenvalue weighted by Crippen LogP contribution is -2.42. The van der Waals surface area contributed by atoms with E-state index in [2.05, 4.69) is 10.4 Å². The van der Waals surface area contributed by atoms with Gasteiger partial charge in [-0.25, -0.2) is 9.07 Å². The molecule has 0 spiro atoms. The third-order valence-corrected chi connectivity index (χ3v) is 8.02. The quantitative estimate of drug-likeness (QED) is 0.377. The van der Waals surface area contributed by atoms with Crippen molar-refractivity contribution in [2.45, 2.75) is 49.1 Å². The second-order valence-corrected chi connectivity index (χ2v) is 10.1. The van der Waals surface area contributed by atoms with Crippen LogP contribution >= 0.6 is 23.4 Å². The van der Waals surface area contributed by atoms with Crippen LogP contribution < -0.4 is 5.32 Å². The molecule has 180 valence electrons. The Kier molecular flexibility index (Phi) is 6.96. The Morgan fingerprint density at radius 1 is 1.21 bits per heavy atom. The third-order valence-electron chi connectivity index (χ3n) is 6.12. The van der Waals surface area contributed by atoms with Crippen molar-refractivity contribution in [3.63, 3.8) is 0 Å². The zero-order chi connectivity index (χ0) is 24.5. The molecule has 0 saturated heterocycles. The minimum Gasteiger partial charge on any atom is -0.351 e. The van der Waals surface area contributed by atoms with Crippen molar-refractivity contribution in [2.24, 2.45) is 5.41 Å². The Bertz CT molecular complexity index is 1160. The van der Waals surface area contributed by atoms with Crippen LogP contribution in [0.3, 0.4) is 0 Å². The Morgan fingerprint density at radius 3 is 2.53 bits per heavy atom. The fraction of sp³-hybridized carbons (Fsp3) is 0.333. The smallest absolute Gasteiger partial charge is 0.351 e. The SMILES string of the molecule is CC1(C(=O)NCc2cn(-c3ccc(C(F)(F)F)cc3)nc2Cl)CCCC1Sc1ccc(F)cc1. The molecule has 0 aliphatic heterocycles. The molecule has 1 aromatic heterocycles. The van der Waals surface area contributed by atoms with E-state index in [1.807, 2.05) is 6.92 Å². The maximum Gasteiger partial charge on any atom is 0.416 e. The molecule has 2 aromatic carbocycles. The summed E-state index contributed by atoms with van der Waals surface area (Å²) in [5.74, 6) is -0.409. The van der Waals surface area contributed by atoms with Gasteiger partial charge in [0.25, 0.3) is 0 Å². The van der Waals surface area contributed by atoms with Gasteiger partial charge in [0.15, 0.2) is 5.15 Å². The van der Waals surface area contributed by atoms with Gasteiger partial charge in [0.05, 0.1) is 16.7 Å². The predicted molar refractivity (Wildman–Crippen MR) is 123 cm³/mol.